The van der Waals surface area contributed by atoms with Gasteiger partial charge in [0.25, 0.3) is 0 Å². The second-order valence-corrected chi connectivity index (χ2v) is 4.07. The summed E-state index contributed by atoms with van der Waals surface area (Å²) in [6, 6.07) is 0. The molecule has 0 amide bonds. The molecule has 0 aliphatic carbocycles. The zero-order chi connectivity index (χ0) is 10.6. The van der Waals surface area contributed by atoms with E-state index in [2.05, 4.69) is 0 Å². The van der Waals surface area contributed by atoms with Crippen molar-refractivity contribution >= 4 is 5.97 Å². The molecule has 2 atom stereocenters. The molecule has 0 radical (unpaired) electrons. The molecule has 12 heavy (non-hydrogen) atoms. The summed E-state index contributed by atoms with van der Waals surface area (Å²) in [5.41, 5.74) is -0.0286. The molecular weight excluding hydrogens is 152 g/mol. The van der Waals surface area contributed by atoms with Crippen LogP contribution in [0, 0.1) is 11.3 Å². The summed E-state index contributed by atoms with van der Waals surface area (Å²) in [5, 5.41) is 0. The molecule has 0 bridgehead atoms. The highest BCUT2D eigenvalue weighted by Crippen LogP contribution is 2.28. The molecule has 0 aliphatic rings. The smallest absolute Gasteiger partial charge is 0.306 e. The van der Waals surface area contributed by atoms with Crippen molar-refractivity contribution in [3.05, 3.63) is 0 Å². The maximum absolute atomic E-state index is 11.2. The van der Waals surface area contributed by atoms with Crippen molar-refractivity contribution in [3.63, 3.8) is 0 Å². The summed E-state index contributed by atoms with van der Waals surface area (Å²) in [6.45, 7) is 10.1. The lowest BCUT2D eigenvalue weighted by molar-refractivity contribution is -0.145. The average molecular weight is 173 g/mol. The van der Waals surface area contributed by atoms with Crippen molar-refractivity contribution < 1.29 is 10.9 Å². The van der Waals surface area contributed by atoms with Crippen LogP contribution >= 0.6 is 0 Å². The summed E-state index contributed by atoms with van der Waals surface area (Å²) >= 11 is 0. The van der Waals surface area contributed by atoms with Crippen LogP contribution in [0.25, 0.3) is 0 Å². The van der Waals surface area contributed by atoms with Crippen LogP contribution in [-0.4, -0.2) is 12.6 Å². The number of ether oxygens (including phenoxy) is 1. The lowest BCUT2D eigenvalue weighted by Crippen LogP contribution is -2.21. The molecule has 0 spiro atoms. The van der Waals surface area contributed by atoms with Gasteiger partial charge < -0.3 is 4.74 Å². The van der Waals surface area contributed by atoms with Gasteiger partial charge in [0.1, 0.15) is 0 Å². The molecule has 72 valence electrons. The van der Waals surface area contributed by atoms with Gasteiger partial charge in [-0.1, -0.05) is 27.7 Å². The average Bonchev–Trinajstić information content (AvgIpc) is 2.00. The Morgan fingerprint density at radius 1 is 1.58 bits per heavy atom. The Bertz CT molecular complexity index is 172. The molecule has 0 rings (SSSR count). The minimum Gasteiger partial charge on any atom is -0.466 e. The van der Waals surface area contributed by atoms with Crippen molar-refractivity contribution in [2.75, 3.05) is 6.61 Å². The minimum atomic E-state index is -0.764. The topological polar surface area (TPSA) is 26.3 Å². The first-order chi connectivity index (χ1) is 5.80. The summed E-state index contributed by atoms with van der Waals surface area (Å²) < 4.78 is 12.5. The first kappa shape index (κ1) is 9.56. The highest BCUT2D eigenvalue weighted by Gasteiger charge is 2.22. The number of hydrogen-bond donors (Lipinski definition) is 0. The Kier molecular flexibility index (Phi) is 3.57. The predicted octanol–water partition coefficient (Wildman–Crippen LogP) is 2.62. The van der Waals surface area contributed by atoms with E-state index < -0.39 is 12.4 Å². The zero-order valence-electron chi connectivity index (χ0n) is 9.68. The quantitative estimate of drug-likeness (QED) is 0.613. The molecule has 0 N–H and O–H groups in total. The van der Waals surface area contributed by atoms with Gasteiger partial charge in [-0.15, -0.1) is 0 Å². The minimum absolute atomic E-state index is 0.00606. The van der Waals surface area contributed by atoms with Crippen LogP contribution in [0.5, 0.6) is 0 Å². The van der Waals surface area contributed by atoms with Gasteiger partial charge >= 0.3 is 5.97 Å². The van der Waals surface area contributed by atoms with E-state index >= 15 is 0 Å². The molecular formula is C10H20O2. The van der Waals surface area contributed by atoms with Gasteiger partial charge in [-0.3, -0.25) is 4.79 Å². The second kappa shape index (κ2) is 4.48. The summed E-state index contributed by atoms with van der Waals surface area (Å²) in [6.07, 6.45) is -0.764. The molecule has 0 aromatic carbocycles. The van der Waals surface area contributed by atoms with Crippen molar-refractivity contribution in [1.82, 2.24) is 0 Å². The summed E-state index contributed by atoms with van der Waals surface area (Å²) in [4.78, 5) is 11.2. The van der Waals surface area contributed by atoms with E-state index in [9.17, 15) is 4.79 Å². The van der Waals surface area contributed by atoms with Crippen molar-refractivity contribution in [2.45, 2.75) is 41.0 Å². The van der Waals surface area contributed by atoms with E-state index in [1.54, 1.807) is 6.92 Å². The second-order valence-electron chi connectivity index (χ2n) is 4.07. The largest absolute Gasteiger partial charge is 0.466 e. The number of carbonyl (C=O) groups excluding carboxylic acids is 1. The fourth-order valence-corrected chi connectivity index (χ4v) is 0.644. The van der Waals surface area contributed by atoms with Crippen LogP contribution < -0.4 is 0 Å². The molecule has 0 saturated carbocycles. The van der Waals surface area contributed by atoms with E-state index in [1.165, 1.54) is 0 Å². The maximum atomic E-state index is 11.2. The number of esters is 1. The Morgan fingerprint density at radius 3 is 2.42 bits per heavy atom. The van der Waals surface area contributed by atoms with Gasteiger partial charge in [0, 0.05) is 7.77 Å². The number of rotatable bonds is 3. The Hall–Kier alpha value is -0.530. The van der Waals surface area contributed by atoms with E-state index in [0.29, 0.717) is 6.61 Å². The van der Waals surface area contributed by atoms with E-state index in [1.807, 2.05) is 27.7 Å². The van der Waals surface area contributed by atoms with Gasteiger partial charge in [-0.25, -0.2) is 0 Å². The Morgan fingerprint density at radius 2 is 2.08 bits per heavy atom. The van der Waals surface area contributed by atoms with Gasteiger partial charge in [-0.05, 0) is 18.3 Å². The summed E-state index contributed by atoms with van der Waals surface area (Å²) in [7, 11) is 0. The number of carbonyl (C=O) groups is 1. The molecule has 0 unspecified atom stereocenters. The third-order valence-electron chi connectivity index (χ3n) is 2.04. The molecule has 2 nitrogen and oxygen atoms in total. The molecule has 0 aromatic heterocycles. The van der Waals surface area contributed by atoms with Crippen molar-refractivity contribution in [1.29, 1.82) is 0 Å². The van der Waals surface area contributed by atoms with Gasteiger partial charge in [-0.2, -0.15) is 0 Å². The highest BCUT2D eigenvalue weighted by molar-refractivity contribution is 5.69. The van der Waals surface area contributed by atoms with Crippen molar-refractivity contribution in [3.8, 4) is 0 Å². The molecule has 0 aromatic rings. The Balaban J connectivity index is 4.25. The maximum Gasteiger partial charge on any atom is 0.306 e. The molecule has 0 fully saturated rings. The summed E-state index contributed by atoms with van der Waals surface area (Å²) in [5.74, 6) is -0.406. The van der Waals surface area contributed by atoms with Gasteiger partial charge in [0.15, 0.2) is 0 Å². The SMILES string of the molecule is [2H][C@H](C(=O)OCC)[C@@H](C)C(C)(C)C. The first-order valence-electron chi connectivity index (χ1n) is 4.97. The van der Waals surface area contributed by atoms with Crippen LogP contribution in [0.2, 0.25) is 0 Å². The fourth-order valence-electron chi connectivity index (χ4n) is 0.644. The third kappa shape index (κ3) is 4.37. The van der Waals surface area contributed by atoms with E-state index in [-0.39, 0.29) is 11.3 Å². The normalized spacial score (nSPS) is 17.9. The van der Waals surface area contributed by atoms with Crippen LogP contribution in [-0.2, 0) is 9.53 Å². The van der Waals surface area contributed by atoms with Crippen molar-refractivity contribution in [2.24, 2.45) is 11.3 Å². The van der Waals surface area contributed by atoms with E-state index in [0.717, 1.165) is 0 Å². The number of hydrogen-bond acceptors (Lipinski definition) is 2. The predicted molar refractivity (Wildman–Crippen MR) is 49.9 cm³/mol. The van der Waals surface area contributed by atoms with E-state index in [4.69, 9.17) is 6.11 Å². The molecule has 2 heteroatoms. The Labute approximate surface area is 76.7 Å². The molecule has 0 saturated heterocycles. The van der Waals surface area contributed by atoms with Crippen LogP contribution in [0.3, 0.4) is 0 Å². The fraction of sp³-hybridized carbons (Fsp3) is 0.900. The van der Waals surface area contributed by atoms with Crippen LogP contribution in [0.1, 0.15) is 42.4 Å². The zero-order valence-corrected chi connectivity index (χ0v) is 8.68. The van der Waals surface area contributed by atoms with Crippen LogP contribution in [0.4, 0.5) is 0 Å². The first-order valence-corrected chi connectivity index (χ1v) is 4.39. The third-order valence-corrected chi connectivity index (χ3v) is 2.04. The standard InChI is InChI=1S/C10H20O2/c1-6-12-9(11)7-8(2)10(3,4)5/h8H,6-7H2,1-5H3/t8-/m1/s1/i7D/t7-,8+/m0. The monoisotopic (exact) mass is 173 g/mol. The highest BCUT2D eigenvalue weighted by atomic mass is 16.5. The molecule has 0 aliphatic heterocycles. The lowest BCUT2D eigenvalue weighted by Gasteiger charge is -2.26. The van der Waals surface area contributed by atoms with Gasteiger partial charge in [0.05, 0.1) is 6.61 Å². The van der Waals surface area contributed by atoms with Crippen LogP contribution in [0.15, 0.2) is 0 Å². The lowest BCUT2D eigenvalue weighted by atomic mass is 9.80. The molecule has 0 heterocycles. The van der Waals surface area contributed by atoms with Gasteiger partial charge in [0.2, 0.25) is 0 Å².